The molecule has 2 amide bonds. The van der Waals surface area contributed by atoms with E-state index in [2.05, 4.69) is 11.0 Å². The Morgan fingerprint density at radius 1 is 1.00 bits per heavy atom. The highest BCUT2D eigenvalue weighted by molar-refractivity contribution is 5.98. The molecule has 0 radical (unpaired) electrons. The van der Waals surface area contributed by atoms with Gasteiger partial charge < -0.3 is 14.9 Å². The zero-order valence-electron chi connectivity index (χ0n) is 16.6. The molecule has 3 fully saturated rings. The molecule has 1 N–H and O–H groups in total. The van der Waals surface area contributed by atoms with E-state index in [0.29, 0.717) is 0 Å². The van der Waals surface area contributed by atoms with Crippen molar-refractivity contribution in [3.05, 3.63) is 29.8 Å². The number of carboxylic acids is 1. The van der Waals surface area contributed by atoms with Gasteiger partial charge in [0, 0.05) is 36.0 Å². The second kappa shape index (κ2) is 7.15. The maximum absolute atomic E-state index is 13.2. The van der Waals surface area contributed by atoms with E-state index in [-0.39, 0.29) is 54.6 Å². The zero-order valence-corrected chi connectivity index (χ0v) is 16.6. The van der Waals surface area contributed by atoms with Crippen LogP contribution in [0.2, 0.25) is 0 Å². The summed E-state index contributed by atoms with van der Waals surface area (Å²) in [5.41, 5.74) is 2.04. The first kappa shape index (κ1) is 18.6. The number of rotatable bonds is 6. The number of anilines is 1. The average molecular weight is 396 g/mol. The van der Waals surface area contributed by atoms with Crippen molar-refractivity contribution in [3.8, 4) is 0 Å². The second-order valence-corrected chi connectivity index (χ2v) is 9.07. The van der Waals surface area contributed by atoms with E-state index >= 15 is 0 Å². The third-order valence-electron chi connectivity index (χ3n) is 7.03. The number of nitrogens with zero attached hydrogens (tertiary/aromatic N) is 2. The van der Waals surface area contributed by atoms with Crippen LogP contribution < -0.4 is 4.90 Å². The minimum atomic E-state index is -0.932. The van der Waals surface area contributed by atoms with E-state index in [1.165, 1.54) is 0 Å². The lowest BCUT2D eigenvalue weighted by Gasteiger charge is -2.48. The Balaban J connectivity index is 1.54. The number of hydrogen-bond donors (Lipinski definition) is 1. The fourth-order valence-electron chi connectivity index (χ4n) is 5.47. The van der Waals surface area contributed by atoms with Gasteiger partial charge in [0.15, 0.2) is 0 Å². The summed E-state index contributed by atoms with van der Waals surface area (Å²) in [6.45, 7) is 0. The Morgan fingerprint density at radius 3 is 2.45 bits per heavy atom. The molecule has 3 saturated carbocycles. The van der Waals surface area contributed by atoms with Gasteiger partial charge in [0.05, 0.1) is 12.5 Å². The molecular weight excluding hydrogens is 368 g/mol. The van der Waals surface area contributed by atoms with Gasteiger partial charge in [-0.05, 0) is 50.2 Å². The van der Waals surface area contributed by atoms with Crippen molar-refractivity contribution in [3.63, 3.8) is 0 Å². The third kappa shape index (κ3) is 3.32. The van der Waals surface area contributed by atoms with Gasteiger partial charge in [0.25, 0.3) is 0 Å². The van der Waals surface area contributed by atoms with Crippen molar-refractivity contribution in [2.24, 2.45) is 11.8 Å². The summed E-state index contributed by atoms with van der Waals surface area (Å²) in [6.07, 6.45) is 6.92. The molecule has 0 saturated heterocycles. The smallest absolute Gasteiger partial charge is 0.303 e. The van der Waals surface area contributed by atoms with Crippen molar-refractivity contribution >= 4 is 23.5 Å². The molecule has 154 valence electrons. The molecule has 0 bridgehead atoms. The molecule has 3 unspecified atom stereocenters. The van der Waals surface area contributed by atoms with Gasteiger partial charge in [-0.1, -0.05) is 24.6 Å². The van der Waals surface area contributed by atoms with Gasteiger partial charge in [-0.2, -0.15) is 0 Å². The van der Waals surface area contributed by atoms with Crippen LogP contribution in [0.5, 0.6) is 0 Å². The van der Waals surface area contributed by atoms with Crippen LogP contribution in [-0.2, 0) is 14.4 Å². The first-order valence-corrected chi connectivity index (χ1v) is 11.0. The first-order chi connectivity index (χ1) is 14.1. The summed E-state index contributed by atoms with van der Waals surface area (Å²) in [5, 5.41) is 9.06. The molecular formula is C23H28N2O4. The van der Waals surface area contributed by atoms with E-state index in [1.807, 2.05) is 23.1 Å². The zero-order chi connectivity index (χ0) is 20.1. The molecule has 0 spiro atoms. The van der Waals surface area contributed by atoms with Crippen molar-refractivity contribution in [1.29, 1.82) is 0 Å². The van der Waals surface area contributed by atoms with E-state index in [4.69, 9.17) is 5.11 Å². The lowest BCUT2D eigenvalue weighted by Crippen LogP contribution is -2.53. The predicted octanol–water partition coefficient (Wildman–Crippen LogP) is 3.51. The number of para-hydroxylation sites is 1. The molecule has 0 aromatic heterocycles. The lowest BCUT2D eigenvalue weighted by atomic mass is 9.81. The fraction of sp³-hybridized carbons (Fsp3) is 0.609. The molecule has 3 aliphatic carbocycles. The average Bonchev–Trinajstić information content (AvgIpc) is 3.64. The first-order valence-electron chi connectivity index (χ1n) is 11.0. The van der Waals surface area contributed by atoms with Crippen LogP contribution >= 0.6 is 0 Å². The van der Waals surface area contributed by atoms with Crippen LogP contribution in [0.4, 0.5) is 5.69 Å². The number of carbonyl (C=O) groups excluding carboxylic acids is 2. The maximum atomic E-state index is 13.2. The standard InChI is InChI=1S/C23H28N2O4/c26-20(12-13-21(27)28)24(15-10-11-15)22-16-4-1-2-6-18(16)25(23(29)14-8-9-14)19-7-3-5-17(19)22/h1-2,4,6,14-15,17,19,22H,3,5,7-13H2,(H,27,28). The minimum absolute atomic E-state index is 0.0456. The van der Waals surface area contributed by atoms with Gasteiger partial charge in [0.1, 0.15) is 0 Å². The molecule has 1 aromatic rings. The number of carboxylic acid groups (broad SMARTS) is 1. The highest BCUT2D eigenvalue weighted by Crippen LogP contribution is 2.53. The summed E-state index contributed by atoms with van der Waals surface area (Å²) in [4.78, 5) is 41.4. The van der Waals surface area contributed by atoms with Gasteiger partial charge in [-0.3, -0.25) is 14.4 Å². The molecule has 5 rings (SSSR count). The van der Waals surface area contributed by atoms with Crippen molar-refractivity contribution in [1.82, 2.24) is 4.90 Å². The van der Waals surface area contributed by atoms with Gasteiger partial charge in [0.2, 0.25) is 11.8 Å². The Bertz CT molecular complexity index is 845. The summed E-state index contributed by atoms with van der Waals surface area (Å²) in [5.74, 6) is -0.331. The number of amides is 2. The Hall–Kier alpha value is -2.37. The van der Waals surface area contributed by atoms with Gasteiger partial charge >= 0.3 is 5.97 Å². The van der Waals surface area contributed by atoms with Crippen molar-refractivity contribution < 1.29 is 19.5 Å². The molecule has 6 nitrogen and oxygen atoms in total. The van der Waals surface area contributed by atoms with E-state index in [9.17, 15) is 14.4 Å². The SMILES string of the molecule is O=C(O)CCC(=O)N(C1CC1)C1c2ccccc2N(C(=O)C2CC2)C2CCCC21. The summed E-state index contributed by atoms with van der Waals surface area (Å²) in [7, 11) is 0. The molecule has 1 aliphatic heterocycles. The van der Waals surface area contributed by atoms with Crippen LogP contribution in [0.1, 0.15) is 69.4 Å². The predicted molar refractivity (Wildman–Crippen MR) is 107 cm³/mol. The van der Waals surface area contributed by atoms with Crippen LogP contribution in [0, 0.1) is 11.8 Å². The number of carbonyl (C=O) groups is 3. The Morgan fingerprint density at radius 2 is 1.76 bits per heavy atom. The Kier molecular flexibility index (Phi) is 4.60. The third-order valence-corrected chi connectivity index (χ3v) is 7.03. The van der Waals surface area contributed by atoms with Crippen LogP contribution in [0.25, 0.3) is 0 Å². The van der Waals surface area contributed by atoms with Crippen LogP contribution in [-0.4, -0.2) is 39.9 Å². The Labute approximate surface area is 170 Å². The number of hydrogen-bond acceptors (Lipinski definition) is 3. The van der Waals surface area contributed by atoms with Gasteiger partial charge in [-0.15, -0.1) is 0 Å². The van der Waals surface area contributed by atoms with Crippen LogP contribution in [0.3, 0.4) is 0 Å². The molecule has 29 heavy (non-hydrogen) atoms. The topological polar surface area (TPSA) is 77.9 Å². The highest BCUT2D eigenvalue weighted by atomic mass is 16.4. The lowest BCUT2D eigenvalue weighted by molar-refractivity contribution is -0.143. The summed E-state index contributed by atoms with van der Waals surface area (Å²) >= 11 is 0. The monoisotopic (exact) mass is 396 g/mol. The molecule has 3 atom stereocenters. The number of benzene rings is 1. The molecule has 6 heteroatoms. The van der Waals surface area contributed by atoms with E-state index in [1.54, 1.807) is 0 Å². The summed E-state index contributed by atoms with van der Waals surface area (Å²) < 4.78 is 0. The number of fused-ring (bicyclic) bond motifs is 2. The molecule has 1 aromatic carbocycles. The normalized spacial score (nSPS) is 27.9. The van der Waals surface area contributed by atoms with Gasteiger partial charge in [-0.25, -0.2) is 0 Å². The van der Waals surface area contributed by atoms with E-state index in [0.717, 1.165) is 56.2 Å². The largest absolute Gasteiger partial charge is 0.481 e. The second-order valence-electron chi connectivity index (χ2n) is 9.07. The highest BCUT2D eigenvalue weighted by Gasteiger charge is 2.52. The van der Waals surface area contributed by atoms with Crippen molar-refractivity contribution in [2.75, 3.05) is 4.90 Å². The fourth-order valence-corrected chi connectivity index (χ4v) is 5.47. The van der Waals surface area contributed by atoms with Crippen molar-refractivity contribution in [2.45, 2.75) is 75.9 Å². The van der Waals surface area contributed by atoms with E-state index < -0.39 is 5.97 Å². The quantitative estimate of drug-likeness (QED) is 0.798. The minimum Gasteiger partial charge on any atom is -0.481 e. The van der Waals surface area contributed by atoms with Crippen LogP contribution in [0.15, 0.2) is 24.3 Å². The number of aliphatic carboxylic acids is 1. The molecule has 1 heterocycles. The summed E-state index contributed by atoms with van der Waals surface area (Å²) in [6, 6.07) is 8.39. The maximum Gasteiger partial charge on any atom is 0.303 e. The molecule has 4 aliphatic rings.